The second-order valence-electron chi connectivity index (χ2n) is 6.69. The van der Waals surface area contributed by atoms with Gasteiger partial charge in [0.25, 0.3) is 5.91 Å². The quantitative estimate of drug-likeness (QED) is 0.817. The van der Waals surface area contributed by atoms with Gasteiger partial charge in [-0.05, 0) is 24.3 Å². The Labute approximate surface area is 136 Å². The second kappa shape index (κ2) is 7.37. The Balaban J connectivity index is 1.91. The molecule has 1 aromatic heterocycles. The van der Waals surface area contributed by atoms with Crippen LogP contribution in [0.5, 0.6) is 0 Å². The number of nitrogens with one attached hydrogen (secondary N) is 1. The van der Waals surface area contributed by atoms with Gasteiger partial charge in [0.15, 0.2) is 5.69 Å². The van der Waals surface area contributed by atoms with Crippen LogP contribution in [0.15, 0.2) is 36.5 Å². The molecule has 0 radical (unpaired) electrons. The van der Waals surface area contributed by atoms with Crippen molar-refractivity contribution >= 4 is 5.91 Å². The Kier molecular flexibility index (Phi) is 5.50. The average Bonchev–Trinajstić information content (AvgIpc) is 2.93. The van der Waals surface area contributed by atoms with Crippen molar-refractivity contribution in [3.63, 3.8) is 0 Å². The third kappa shape index (κ3) is 5.49. The lowest BCUT2D eigenvalue weighted by Crippen LogP contribution is -2.35. The number of aliphatic hydroxyl groups excluding tert-OH is 1. The maximum atomic E-state index is 12.2. The first-order chi connectivity index (χ1) is 10.9. The first kappa shape index (κ1) is 17.1. The highest BCUT2D eigenvalue weighted by molar-refractivity contribution is 5.91. The minimum Gasteiger partial charge on any atom is -0.393 e. The summed E-state index contributed by atoms with van der Waals surface area (Å²) in [5, 5.41) is 20.2. The minimum absolute atomic E-state index is 0.177. The van der Waals surface area contributed by atoms with Crippen LogP contribution in [0.25, 0.3) is 0 Å². The van der Waals surface area contributed by atoms with Crippen molar-refractivity contribution < 1.29 is 9.90 Å². The van der Waals surface area contributed by atoms with Crippen LogP contribution < -0.4 is 5.32 Å². The lowest BCUT2D eigenvalue weighted by Gasteiger charge is -2.26. The van der Waals surface area contributed by atoms with Crippen LogP contribution in [-0.4, -0.2) is 38.7 Å². The molecule has 0 bridgehead atoms. The van der Waals surface area contributed by atoms with Crippen molar-refractivity contribution in [2.75, 3.05) is 6.54 Å². The molecule has 0 aliphatic carbocycles. The predicted molar refractivity (Wildman–Crippen MR) is 88.0 cm³/mol. The summed E-state index contributed by atoms with van der Waals surface area (Å²) < 4.78 is 1.64. The van der Waals surface area contributed by atoms with Crippen molar-refractivity contribution in [2.45, 2.75) is 39.8 Å². The Morgan fingerprint density at radius 1 is 1.35 bits per heavy atom. The number of aliphatic hydroxyl groups is 1. The molecule has 1 atom stereocenters. The number of hydrogen-bond donors (Lipinski definition) is 2. The van der Waals surface area contributed by atoms with Crippen molar-refractivity contribution in [1.29, 1.82) is 0 Å². The summed E-state index contributed by atoms with van der Waals surface area (Å²) >= 11 is 0. The van der Waals surface area contributed by atoms with Crippen LogP contribution in [0.1, 0.15) is 43.2 Å². The molecule has 1 unspecified atom stereocenters. The van der Waals surface area contributed by atoms with E-state index < -0.39 is 6.10 Å². The monoisotopic (exact) mass is 316 g/mol. The van der Waals surface area contributed by atoms with E-state index in [0.29, 0.717) is 25.2 Å². The molecule has 1 aromatic carbocycles. The maximum absolute atomic E-state index is 12.2. The highest BCUT2D eigenvalue weighted by Crippen LogP contribution is 2.21. The van der Waals surface area contributed by atoms with Crippen molar-refractivity contribution in [3.8, 4) is 0 Å². The van der Waals surface area contributed by atoms with Gasteiger partial charge in [0.2, 0.25) is 0 Å². The van der Waals surface area contributed by atoms with E-state index in [9.17, 15) is 9.90 Å². The summed E-state index contributed by atoms with van der Waals surface area (Å²) in [6.07, 6.45) is 1.87. The van der Waals surface area contributed by atoms with E-state index in [1.807, 2.05) is 44.2 Å². The standard InChI is InChI=1S/C17H24N4O2/c1-13(22)9-17(2,3)12-18-16(23)15-11-21(20-19-15)10-14-7-5-4-6-8-14/h4-8,11,13,22H,9-10,12H2,1-3H3,(H,18,23). The Bertz CT molecular complexity index is 635. The van der Waals surface area contributed by atoms with Gasteiger partial charge in [-0.15, -0.1) is 5.10 Å². The van der Waals surface area contributed by atoms with Crippen LogP contribution in [0.2, 0.25) is 0 Å². The number of aromatic nitrogens is 3. The molecular formula is C17H24N4O2. The van der Waals surface area contributed by atoms with Crippen LogP contribution in [-0.2, 0) is 6.54 Å². The van der Waals surface area contributed by atoms with Crippen molar-refractivity contribution in [1.82, 2.24) is 20.3 Å². The smallest absolute Gasteiger partial charge is 0.273 e. The minimum atomic E-state index is -0.395. The molecule has 2 aromatic rings. The molecule has 1 amide bonds. The number of carbonyl (C=O) groups excluding carboxylic acids is 1. The molecule has 6 heteroatoms. The van der Waals surface area contributed by atoms with E-state index in [-0.39, 0.29) is 11.3 Å². The molecule has 0 saturated heterocycles. The lowest BCUT2D eigenvalue weighted by atomic mass is 9.87. The molecular weight excluding hydrogens is 292 g/mol. The molecule has 0 fully saturated rings. The number of carbonyl (C=O) groups is 1. The molecule has 0 spiro atoms. The van der Waals surface area contributed by atoms with Gasteiger partial charge < -0.3 is 10.4 Å². The SMILES string of the molecule is CC(O)CC(C)(C)CNC(=O)c1cn(Cc2ccccc2)nn1. The zero-order valence-electron chi connectivity index (χ0n) is 13.9. The van der Waals surface area contributed by atoms with E-state index in [4.69, 9.17) is 0 Å². The maximum Gasteiger partial charge on any atom is 0.273 e. The molecule has 124 valence electrons. The van der Waals surface area contributed by atoms with E-state index in [1.54, 1.807) is 17.8 Å². The Morgan fingerprint density at radius 3 is 2.70 bits per heavy atom. The van der Waals surface area contributed by atoms with Crippen LogP contribution in [0.4, 0.5) is 0 Å². The van der Waals surface area contributed by atoms with E-state index in [1.165, 1.54) is 0 Å². The third-order valence-electron chi connectivity index (χ3n) is 3.53. The van der Waals surface area contributed by atoms with Gasteiger partial charge in [0.1, 0.15) is 0 Å². The zero-order valence-corrected chi connectivity index (χ0v) is 13.9. The van der Waals surface area contributed by atoms with E-state index in [2.05, 4.69) is 15.6 Å². The van der Waals surface area contributed by atoms with Crippen molar-refractivity contribution in [3.05, 3.63) is 47.8 Å². The van der Waals surface area contributed by atoms with Crippen LogP contribution in [0, 0.1) is 5.41 Å². The summed E-state index contributed by atoms with van der Waals surface area (Å²) in [6, 6.07) is 9.88. The van der Waals surface area contributed by atoms with Gasteiger partial charge >= 0.3 is 0 Å². The van der Waals surface area contributed by atoms with E-state index in [0.717, 1.165) is 5.56 Å². The molecule has 1 heterocycles. The summed E-state index contributed by atoms with van der Waals surface area (Å²) in [6.45, 7) is 6.81. The van der Waals surface area contributed by atoms with Gasteiger partial charge in [-0.2, -0.15) is 0 Å². The second-order valence-corrected chi connectivity index (χ2v) is 6.69. The normalized spacial score (nSPS) is 12.9. The highest BCUT2D eigenvalue weighted by Gasteiger charge is 2.22. The number of benzene rings is 1. The predicted octanol–water partition coefficient (Wildman–Crippen LogP) is 1.85. The lowest BCUT2D eigenvalue weighted by molar-refractivity contribution is 0.0897. The van der Waals surface area contributed by atoms with Crippen LogP contribution >= 0.6 is 0 Å². The molecule has 23 heavy (non-hydrogen) atoms. The first-order valence-electron chi connectivity index (χ1n) is 7.76. The summed E-state index contributed by atoms with van der Waals surface area (Å²) in [5.74, 6) is -0.247. The van der Waals surface area contributed by atoms with Gasteiger partial charge in [-0.3, -0.25) is 4.79 Å². The van der Waals surface area contributed by atoms with Gasteiger partial charge in [-0.1, -0.05) is 49.4 Å². The first-order valence-corrected chi connectivity index (χ1v) is 7.76. The molecule has 0 aliphatic heterocycles. The molecule has 2 rings (SSSR count). The van der Waals surface area contributed by atoms with E-state index >= 15 is 0 Å². The number of amides is 1. The molecule has 2 N–H and O–H groups in total. The number of hydrogen-bond acceptors (Lipinski definition) is 4. The molecule has 6 nitrogen and oxygen atoms in total. The Hall–Kier alpha value is -2.21. The fourth-order valence-electron chi connectivity index (χ4n) is 2.53. The van der Waals surface area contributed by atoms with Gasteiger partial charge in [0, 0.05) is 6.54 Å². The van der Waals surface area contributed by atoms with Gasteiger partial charge in [0.05, 0.1) is 18.8 Å². The summed E-state index contributed by atoms with van der Waals surface area (Å²) in [4.78, 5) is 12.2. The molecule has 0 aliphatic rings. The number of nitrogens with zero attached hydrogens (tertiary/aromatic N) is 3. The summed E-state index contributed by atoms with van der Waals surface area (Å²) in [7, 11) is 0. The Morgan fingerprint density at radius 2 is 2.04 bits per heavy atom. The zero-order chi connectivity index (χ0) is 16.9. The summed E-state index contributed by atoms with van der Waals surface area (Å²) in [5.41, 5.74) is 1.22. The van der Waals surface area contributed by atoms with Crippen LogP contribution in [0.3, 0.4) is 0 Å². The fourth-order valence-corrected chi connectivity index (χ4v) is 2.53. The third-order valence-corrected chi connectivity index (χ3v) is 3.53. The fraction of sp³-hybridized carbons (Fsp3) is 0.471. The average molecular weight is 316 g/mol. The van der Waals surface area contributed by atoms with Gasteiger partial charge in [-0.25, -0.2) is 4.68 Å². The highest BCUT2D eigenvalue weighted by atomic mass is 16.3. The largest absolute Gasteiger partial charge is 0.393 e. The topological polar surface area (TPSA) is 80.0 Å². The molecule has 0 saturated carbocycles. The van der Waals surface area contributed by atoms with Crippen molar-refractivity contribution in [2.24, 2.45) is 5.41 Å². The number of rotatable bonds is 7.